The van der Waals surface area contributed by atoms with E-state index in [1.165, 1.54) is 17.7 Å². The van der Waals surface area contributed by atoms with Gasteiger partial charge in [-0.2, -0.15) is 10.2 Å². The minimum Gasteiger partial charge on any atom is -0.348 e. The molecule has 3 aromatic heterocycles. The number of H-pyrrole nitrogens is 1. The van der Waals surface area contributed by atoms with Crippen LogP contribution < -0.4 is 4.90 Å². The molecule has 0 bridgehead atoms. The number of rotatable bonds is 5. The van der Waals surface area contributed by atoms with Crippen LogP contribution in [0.5, 0.6) is 0 Å². The summed E-state index contributed by atoms with van der Waals surface area (Å²) in [6.07, 6.45) is 3.60. The number of aromatic amines is 1. The van der Waals surface area contributed by atoms with Gasteiger partial charge in [-0.15, -0.1) is 0 Å². The largest absolute Gasteiger partial charge is 0.348 e. The van der Waals surface area contributed by atoms with Gasteiger partial charge in [-0.3, -0.25) is 14.6 Å². The summed E-state index contributed by atoms with van der Waals surface area (Å²) in [4.78, 5) is 22.5. The van der Waals surface area contributed by atoms with Crippen molar-refractivity contribution in [3.05, 3.63) is 76.9 Å². The lowest BCUT2D eigenvalue weighted by molar-refractivity contribution is 0.100. The summed E-state index contributed by atoms with van der Waals surface area (Å²) in [5.74, 6) is -0.822. The van der Waals surface area contributed by atoms with Crippen molar-refractivity contribution in [2.45, 2.75) is 26.4 Å². The Morgan fingerprint density at radius 2 is 2.03 bits per heavy atom. The number of benzene rings is 1. The first-order valence-electron chi connectivity index (χ1n) is 10.1. The van der Waals surface area contributed by atoms with Crippen LogP contribution in [0.2, 0.25) is 0 Å². The van der Waals surface area contributed by atoms with E-state index in [0.717, 1.165) is 23.9 Å². The van der Waals surface area contributed by atoms with Crippen LogP contribution in [0.1, 0.15) is 34.2 Å². The molecular formula is C22H19F2N7O. The topological polar surface area (TPSA) is 92.6 Å². The van der Waals surface area contributed by atoms with Crippen LogP contribution in [0.25, 0.3) is 11.5 Å². The second-order valence-corrected chi connectivity index (χ2v) is 7.63. The van der Waals surface area contributed by atoms with Gasteiger partial charge in [0.15, 0.2) is 23.2 Å². The first-order valence-corrected chi connectivity index (χ1v) is 10.1. The van der Waals surface area contributed by atoms with Gasteiger partial charge in [0.2, 0.25) is 0 Å². The average Bonchev–Trinajstić information content (AvgIpc) is 3.42. The lowest BCUT2D eigenvalue weighted by atomic mass is 10.1. The molecule has 4 aromatic rings. The highest BCUT2D eigenvalue weighted by Crippen LogP contribution is 2.26. The van der Waals surface area contributed by atoms with Crippen LogP contribution in [0, 0.1) is 11.6 Å². The van der Waals surface area contributed by atoms with Crippen molar-refractivity contribution in [2.24, 2.45) is 0 Å². The van der Waals surface area contributed by atoms with E-state index in [-0.39, 0.29) is 35.5 Å². The molecule has 1 aliphatic heterocycles. The lowest BCUT2D eigenvalue weighted by Gasteiger charge is -2.27. The Balaban J connectivity index is 1.49. The molecule has 10 heteroatoms. The number of aromatic nitrogens is 6. The normalized spacial score (nSPS) is 13.3. The summed E-state index contributed by atoms with van der Waals surface area (Å²) in [6, 6.07) is 7.85. The second kappa shape index (κ2) is 7.95. The highest BCUT2D eigenvalue weighted by atomic mass is 19.1. The van der Waals surface area contributed by atoms with E-state index in [9.17, 15) is 13.6 Å². The minimum atomic E-state index is -0.547. The van der Waals surface area contributed by atoms with Crippen molar-refractivity contribution in [2.75, 3.05) is 11.4 Å². The van der Waals surface area contributed by atoms with Crippen molar-refractivity contribution in [3.63, 3.8) is 0 Å². The highest BCUT2D eigenvalue weighted by molar-refractivity contribution is 5.93. The van der Waals surface area contributed by atoms with Crippen LogP contribution in [0.15, 0.2) is 42.7 Å². The molecule has 8 nitrogen and oxygen atoms in total. The molecule has 0 radical (unpaired) electrons. The zero-order valence-electron chi connectivity index (χ0n) is 17.2. The van der Waals surface area contributed by atoms with Crippen LogP contribution >= 0.6 is 0 Å². The fourth-order valence-corrected chi connectivity index (χ4v) is 3.82. The maximum Gasteiger partial charge on any atom is 0.183 e. The van der Waals surface area contributed by atoms with E-state index in [0.29, 0.717) is 24.3 Å². The molecule has 1 aromatic carbocycles. The predicted octanol–water partition coefficient (Wildman–Crippen LogP) is 3.16. The SMILES string of the molecule is CC(=O)c1cc(-c2ncc(F)c(N3CCc4cn[nH]c4C3)n2)nn1Cc1ccccc1F. The highest BCUT2D eigenvalue weighted by Gasteiger charge is 2.24. The summed E-state index contributed by atoms with van der Waals surface area (Å²) in [5.41, 5.74) is 3.02. The van der Waals surface area contributed by atoms with Gasteiger partial charge in [0.25, 0.3) is 0 Å². The van der Waals surface area contributed by atoms with Gasteiger partial charge in [-0.1, -0.05) is 18.2 Å². The molecule has 0 aliphatic carbocycles. The summed E-state index contributed by atoms with van der Waals surface area (Å²) in [5, 5.41) is 11.4. The summed E-state index contributed by atoms with van der Waals surface area (Å²) >= 11 is 0. The van der Waals surface area contributed by atoms with Crippen molar-refractivity contribution < 1.29 is 13.6 Å². The molecule has 32 heavy (non-hydrogen) atoms. The number of carbonyl (C=O) groups excluding carboxylic acids is 1. The number of fused-ring (bicyclic) bond motifs is 1. The minimum absolute atomic E-state index is 0.0738. The Kier molecular flexibility index (Phi) is 4.96. The molecule has 0 saturated heterocycles. The molecule has 0 atom stereocenters. The standard InChI is InChI=1S/C22H19F2N7O/c1-13(32)20-8-18(29-31(20)11-15-4-2-3-5-16(15)23)21-25-10-17(24)22(27-21)30-7-6-14-9-26-28-19(14)12-30/h2-5,8-10H,6-7,11-12H2,1H3,(H,26,28). The van der Waals surface area contributed by atoms with Crippen molar-refractivity contribution in [3.8, 4) is 11.5 Å². The molecule has 162 valence electrons. The first-order chi connectivity index (χ1) is 15.5. The number of Topliss-reactive ketones (excluding diaryl/α,β-unsaturated/α-hetero) is 1. The van der Waals surface area contributed by atoms with Gasteiger partial charge in [0, 0.05) is 19.0 Å². The molecule has 4 heterocycles. The second-order valence-electron chi connectivity index (χ2n) is 7.63. The van der Waals surface area contributed by atoms with E-state index in [1.807, 2.05) is 4.90 Å². The van der Waals surface area contributed by atoms with Gasteiger partial charge in [-0.05, 0) is 24.1 Å². The number of nitrogens with zero attached hydrogens (tertiary/aromatic N) is 6. The van der Waals surface area contributed by atoms with Crippen molar-refractivity contribution in [1.29, 1.82) is 0 Å². The number of ketones is 1. The van der Waals surface area contributed by atoms with Crippen LogP contribution in [-0.4, -0.2) is 42.3 Å². The maximum atomic E-state index is 14.6. The molecule has 0 fully saturated rings. The zero-order valence-corrected chi connectivity index (χ0v) is 17.2. The molecule has 0 unspecified atom stereocenters. The van der Waals surface area contributed by atoms with Crippen LogP contribution in [0.3, 0.4) is 0 Å². The number of halogens is 2. The van der Waals surface area contributed by atoms with E-state index in [1.54, 1.807) is 30.5 Å². The van der Waals surface area contributed by atoms with E-state index in [4.69, 9.17) is 0 Å². The Morgan fingerprint density at radius 1 is 1.19 bits per heavy atom. The fourth-order valence-electron chi connectivity index (χ4n) is 3.82. The quantitative estimate of drug-likeness (QED) is 0.484. The van der Waals surface area contributed by atoms with Crippen molar-refractivity contribution >= 4 is 11.6 Å². The number of hydrogen-bond acceptors (Lipinski definition) is 6. The third-order valence-electron chi connectivity index (χ3n) is 5.48. The van der Waals surface area contributed by atoms with Gasteiger partial charge in [0.05, 0.1) is 31.2 Å². The number of nitrogens with one attached hydrogen (secondary N) is 1. The molecule has 0 amide bonds. The smallest absolute Gasteiger partial charge is 0.183 e. The fraction of sp³-hybridized carbons (Fsp3) is 0.227. The summed E-state index contributed by atoms with van der Waals surface area (Å²) < 4.78 is 30.1. The Bertz CT molecular complexity index is 1310. The number of hydrogen-bond donors (Lipinski definition) is 1. The Labute approximate surface area is 181 Å². The average molecular weight is 435 g/mol. The maximum absolute atomic E-state index is 14.6. The molecule has 0 spiro atoms. The number of carbonyl (C=O) groups is 1. The molecular weight excluding hydrogens is 416 g/mol. The Hall–Kier alpha value is -3.95. The zero-order chi connectivity index (χ0) is 22.2. The molecule has 1 aliphatic rings. The van der Waals surface area contributed by atoms with Crippen LogP contribution in [-0.2, 0) is 19.5 Å². The van der Waals surface area contributed by atoms with Gasteiger partial charge in [-0.25, -0.2) is 18.7 Å². The summed E-state index contributed by atoms with van der Waals surface area (Å²) in [6.45, 7) is 2.51. The molecule has 5 rings (SSSR count). The van der Waals surface area contributed by atoms with E-state index in [2.05, 4.69) is 25.3 Å². The monoisotopic (exact) mass is 435 g/mol. The van der Waals surface area contributed by atoms with E-state index < -0.39 is 5.82 Å². The number of anilines is 1. The van der Waals surface area contributed by atoms with E-state index >= 15 is 0 Å². The first kappa shape index (κ1) is 20.0. The van der Waals surface area contributed by atoms with Gasteiger partial charge >= 0.3 is 0 Å². The van der Waals surface area contributed by atoms with Crippen LogP contribution in [0.4, 0.5) is 14.6 Å². The van der Waals surface area contributed by atoms with Gasteiger partial charge < -0.3 is 4.90 Å². The Morgan fingerprint density at radius 3 is 2.84 bits per heavy atom. The predicted molar refractivity (Wildman–Crippen MR) is 112 cm³/mol. The van der Waals surface area contributed by atoms with Crippen molar-refractivity contribution in [1.82, 2.24) is 29.9 Å². The van der Waals surface area contributed by atoms with Gasteiger partial charge in [0.1, 0.15) is 17.2 Å². The third kappa shape index (κ3) is 3.64. The third-order valence-corrected chi connectivity index (χ3v) is 5.48. The summed E-state index contributed by atoms with van der Waals surface area (Å²) in [7, 11) is 0. The lowest BCUT2D eigenvalue weighted by Crippen LogP contribution is -2.31. The molecule has 0 saturated carbocycles. The molecule has 1 N–H and O–H groups in total.